The summed E-state index contributed by atoms with van der Waals surface area (Å²) in [5, 5.41) is 0. The maximum Gasteiger partial charge on any atom is 0.0952 e. The third-order valence-electron chi connectivity index (χ3n) is 2.21. The Morgan fingerprint density at radius 2 is 2.00 bits per heavy atom. The third kappa shape index (κ3) is 3.14. The molecule has 80 valence electrons. The van der Waals surface area contributed by atoms with Crippen LogP contribution >= 0.6 is 0 Å². The number of imidazole rings is 1. The SMILES string of the molecule is Cc1ncn(CCOC(C)(C)C)c1C. The van der Waals surface area contributed by atoms with E-state index in [2.05, 4.69) is 37.2 Å². The van der Waals surface area contributed by atoms with Crippen molar-refractivity contribution in [3.8, 4) is 0 Å². The molecule has 0 radical (unpaired) electrons. The highest BCUT2D eigenvalue weighted by molar-refractivity contribution is 5.08. The average molecular weight is 196 g/mol. The van der Waals surface area contributed by atoms with Crippen molar-refractivity contribution in [3.05, 3.63) is 17.7 Å². The van der Waals surface area contributed by atoms with Crippen LogP contribution in [0, 0.1) is 13.8 Å². The second-order valence-electron chi connectivity index (χ2n) is 4.57. The largest absolute Gasteiger partial charge is 0.374 e. The molecule has 0 aromatic carbocycles. The first kappa shape index (κ1) is 11.2. The first-order chi connectivity index (χ1) is 6.40. The highest BCUT2D eigenvalue weighted by Gasteiger charge is 2.09. The van der Waals surface area contributed by atoms with Gasteiger partial charge in [0.25, 0.3) is 0 Å². The molecule has 0 bridgehead atoms. The lowest BCUT2D eigenvalue weighted by atomic mass is 10.2. The molecular weight excluding hydrogens is 176 g/mol. The Morgan fingerprint density at radius 3 is 2.43 bits per heavy atom. The molecule has 0 aliphatic heterocycles. The van der Waals surface area contributed by atoms with Crippen LogP contribution in [-0.2, 0) is 11.3 Å². The van der Waals surface area contributed by atoms with Crippen LogP contribution in [0.5, 0.6) is 0 Å². The molecule has 0 saturated heterocycles. The lowest BCUT2D eigenvalue weighted by Gasteiger charge is -2.19. The minimum absolute atomic E-state index is 0.0521. The first-order valence-electron chi connectivity index (χ1n) is 5.02. The van der Waals surface area contributed by atoms with Gasteiger partial charge in [-0.25, -0.2) is 4.98 Å². The second-order valence-corrected chi connectivity index (χ2v) is 4.57. The van der Waals surface area contributed by atoms with E-state index in [9.17, 15) is 0 Å². The van der Waals surface area contributed by atoms with E-state index in [0.717, 1.165) is 18.8 Å². The molecule has 0 fully saturated rings. The van der Waals surface area contributed by atoms with Crippen LogP contribution in [0.1, 0.15) is 32.2 Å². The van der Waals surface area contributed by atoms with E-state index in [4.69, 9.17) is 4.74 Å². The second kappa shape index (κ2) is 4.13. The highest BCUT2D eigenvalue weighted by Crippen LogP contribution is 2.08. The molecule has 0 unspecified atom stereocenters. The van der Waals surface area contributed by atoms with Gasteiger partial charge in [0.1, 0.15) is 0 Å². The number of hydrogen-bond donors (Lipinski definition) is 0. The Kier molecular flexibility index (Phi) is 3.32. The van der Waals surface area contributed by atoms with Gasteiger partial charge in [-0.1, -0.05) is 0 Å². The molecule has 14 heavy (non-hydrogen) atoms. The summed E-state index contributed by atoms with van der Waals surface area (Å²) in [6.07, 6.45) is 1.87. The molecule has 1 heterocycles. The predicted octanol–water partition coefficient (Wildman–Crippen LogP) is 2.32. The topological polar surface area (TPSA) is 27.1 Å². The van der Waals surface area contributed by atoms with E-state index < -0.39 is 0 Å². The first-order valence-corrected chi connectivity index (χ1v) is 5.02. The van der Waals surface area contributed by atoms with Crippen molar-refractivity contribution >= 4 is 0 Å². The minimum Gasteiger partial charge on any atom is -0.374 e. The van der Waals surface area contributed by atoms with Crippen molar-refractivity contribution in [3.63, 3.8) is 0 Å². The normalized spacial score (nSPS) is 12.1. The van der Waals surface area contributed by atoms with Gasteiger partial charge in [0.05, 0.1) is 24.2 Å². The van der Waals surface area contributed by atoms with Crippen LogP contribution in [0.3, 0.4) is 0 Å². The number of aryl methyl sites for hydroxylation is 1. The van der Waals surface area contributed by atoms with E-state index in [-0.39, 0.29) is 5.60 Å². The van der Waals surface area contributed by atoms with Gasteiger partial charge >= 0.3 is 0 Å². The fraction of sp³-hybridized carbons (Fsp3) is 0.727. The average Bonchev–Trinajstić information content (AvgIpc) is 2.33. The van der Waals surface area contributed by atoms with E-state index >= 15 is 0 Å². The van der Waals surface area contributed by atoms with Crippen LogP contribution in [0.15, 0.2) is 6.33 Å². The summed E-state index contributed by atoms with van der Waals surface area (Å²) in [7, 11) is 0. The molecule has 0 atom stereocenters. The smallest absolute Gasteiger partial charge is 0.0952 e. The molecule has 0 amide bonds. The standard InChI is InChI=1S/C11H20N2O/c1-9-10(2)13(8-12-9)6-7-14-11(3,4)5/h8H,6-7H2,1-5H3. The van der Waals surface area contributed by atoms with Crippen LogP contribution in [-0.4, -0.2) is 21.8 Å². The number of nitrogens with zero attached hydrogens (tertiary/aromatic N) is 2. The van der Waals surface area contributed by atoms with Gasteiger partial charge in [-0.15, -0.1) is 0 Å². The molecule has 1 aromatic rings. The molecule has 0 aliphatic carbocycles. The van der Waals surface area contributed by atoms with Crippen molar-refractivity contribution in [1.82, 2.24) is 9.55 Å². The van der Waals surface area contributed by atoms with Crippen LogP contribution in [0.2, 0.25) is 0 Å². The Hall–Kier alpha value is -0.830. The Bertz CT molecular complexity index is 297. The van der Waals surface area contributed by atoms with Gasteiger partial charge in [0, 0.05) is 12.2 Å². The number of aromatic nitrogens is 2. The summed E-state index contributed by atoms with van der Waals surface area (Å²) in [5.74, 6) is 0. The van der Waals surface area contributed by atoms with Gasteiger partial charge in [-0.05, 0) is 34.6 Å². The summed E-state index contributed by atoms with van der Waals surface area (Å²) >= 11 is 0. The fourth-order valence-electron chi connectivity index (χ4n) is 1.22. The van der Waals surface area contributed by atoms with E-state index in [1.807, 2.05) is 13.3 Å². The fourth-order valence-corrected chi connectivity index (χ4v) is 1.22. The predicted molar refractivity (Wildman–Crippen MR) is 57.4 cm³/mol. The van der Waals surface area contributed by atoms with Gasteiger partial charge in [-0.2, -0.15) is 0 Å². The van der Waals surface area contributed by atoms with E-state index in [0.29, 0.717) is 0 Å². The number of ether oxygens (including phenoxy) is 1. The zero-order valence-corrected chi connectivity index (χ0v) is 9.79. The zero-order chi connectivity index (χ0) is 10.8. The summed E-state index contributed by atoms with van der Waals surface area (Å²) < 4.78 is 7.77. The van der Waals surface area contributed by atoms with Crippen molar-refractivity contribution in [2.24, 2.45) is 0 Å². The lowest BCUT2D eigenvalue weighted by molar-refractivity contribution is -0.00699. The number of rotatable bonds is 3. The molecule has 3 heteroatoms. The minimum atomic E-state index is -0.0521. The molecule has 0 aliphatic rings. The maximum absolute atomic E-state index is 5.65. The highest BCUT2D eigenvalue weighted by atomic mass is 16.5. The van der Waals surface area contributed by atoms with Crippen molar-refractivity contribution < 1.29 is 4.74 Å². The summed E-state index contributed by atoms with van der Waals surface area (Å²) in [5.41, 5.74) is 2.27. The monoisotopic (exact) mass is 196 g/mol. The molecule has 3 nitrogen and oxygen atoms in total. The van der Waals surface area contributed by atoms with Crippen LogP contribution in [0.25, 0.3) is 0 Å². The molecular formula is C11H20N2O. The summed E-state index contributed by atoms with van der Waals surface area (Å²) in [6, 6.07) is 0. The van der Waals surface area contributed by atoms with E-state index in [1.165, 1.54) is 5.69 Å². The summed E-state index contributed by atoms with van der Waals surface area (Å²) in [4.78, 5) is 4.24. The van der Waals surface area contributed by atoms with Gasteiger partial charge in [0.15, 0.2) is 0 Å². The van der Waals surface area contributed by atoms with Crippen molar-refractivity contribution in [2.45, 2.75) is 46.8 Å². The van der Waals surface area contributed by atoms with Crippen LogP contribution < -0.4 is 0 Å². The van der Waals surface area contributed by atoms with Gasteiger partial charge in [-0.3, -0.25) is 0 Å². The van der Waals surface area contributed by atoms with Crippen molar-refractivity contribution in [1.29, 1.82) is 0 Å². The van der Waals surface area contributed by atoms with Gasteiger partial charge < -0.3 is 9.30 Å². The van der Waals surface area contributed by atoms with Crippen LogP contribution in [0.4, 0.5) is 0 Å². The lowest BCUT2D eigenvalue weighted by Crippen LogP contribution is -2.22. The maximum atomic E-state index is 5.65. The van der Waals surface area contributed by atoms with E-state index in [1.54, 1.807) is 0 Å². The van der Waals surface area contributed by atoms with Crippen molar-refractivity contribution in [2.75, 3.05) is 6.61 Å². The zero-order valence-electron chi connectivity index (χ0n) is 9.79. The molecule has 0 spiro atoms. The Morgan fingerprint density at radius 1 is 1.36 bits per heavy atom. The number of hydrogen-bond acceptors (Lipinski definition) is 2. The molecule has 1 aromatic heterocycles. The Balaban J connectivity index is 2.43. The molecule has 0 saturated carbocycles. The third-order valence-corrected chi connectivity index (χ3v) is 2.21. The Labute approximate surface area is 86.1 Å². The van der Waals surface area contributed by atoms with Gasteiger partial charge in [0.2, 0.25) is 0 Å². The molecule has 0 N–H and O–H groups in total. The summed E-state index contributed by atoms with van der Waals surface area (Å²) in [6.45, 7) is 11.9. The molecule has 1 rings (SSSR count). The quantitative estimate of drug-likeness (QED) is 0.741.